The quantitative estimate of drug-likeness (QED) is 0.770. The molecule has 3 heteroatoms. The topological polar surface area (TPSA) is 29.9 Å². The van der Waals surface area contributed by atoms with Gasteiger partial charge in [0.05, 0.1) is 11.2 Å². The van der Waals surface area contributed by atoms with E-state index in [0.29, 0.717) is 12.6 Å². The minimum Gasteiger partial charge on any atom is -0.296 e. The van der Waals surface area contributed by atoms with Crippen molar-refractivity contribution in [3.05, 3.63) is 18.0 Å². The summed E-state index contributed by atoms with van der Waals surface area (Å²) in [5.41, 5.74) is 0.754. The van der Waals surface area contributed by atoms with Gasteiger partial charge in [-0.05, 0) is 33.3 Å². The second-order valence-electron chi connectivity index (χ2n) is 4.67. The summed E-state index contributed by atoms with van der Waals surface area (Å²) in [6.07, 6.45) is 8.52. The van der Waals surface area contributed by atoms with Crippen molar-refractivity contribution in [2.24, 2.45) is 0 Å². The normalized spacial score (nSPS) is 13.4. The fourth-order valence-corrected chi connectivity index (χ4v) is 1.27. The molecule has 1 atom stereocenters. The number of nitrogens with zero attached hydrogens (tertiary/aromatic N) is 2. The molecule has 0 spiro atoms. The molecule has 0 aliphatic rings. The van der Waals surface area contributed by atoms with E-state index in [0.717, 1.165) is 12.1 Å². The van der Waals surface area contributed by atoms with Crippen molar-refractivity contribution < 1.29 is 0 Å². The van der Waals surface area contributed by atoms with Crippen LogP contribution in [-0.4, -0.2) is 15.3 Å². The number of hydrogen-bond acceptors (Lipinski definition) is 2. The third-order valence-corrected chi connectivity index (χ3v) is 2.78. The molecule has 1 heterocycles. The van der Waals surface area contributed by atoms with E-state index in [9.17, 15) is 0 Å². The first-order valence-corrected chi connectivity index (χ1v) is 5.75. The van der Waals surface area contributed by atoms with Gasteiger partial charge < -0.3 is 0 Å². The van der Waals surface area contributed by atoms with Gasteiger partial charge in [0, 0.05) is 18.8 Å². The molecule has 16 heavy (non-hydrogen) atoms. The van der Waals surface area contributed by atoms with E-state index in [-0.39, 0.29) is 5.54 Å². The molecule has 1 aromatic rings. The summed E-state index contributed by atoms with van der Waals surface area (Å²) >= 11 is 0. The van der Waals surface area contributed by atoms with Crippen molar-refractivity contribution in [1.82, 2.24) is 15.1 Å². The fourth-order valence-electron chi connectivity index (χ4n) is 1.27. The second-order valence-corrected chi connectivity index (χ2v) is 4.67. The lowest BCUT2D eigenvalue weighted by Crippen LogP contribution is -2.37. The molecule has 0 radical (unpaired) electrons. The van der Waals surface area contributed by atoms with Crippen LogP contribution in [0.5, 0.6) is 0 Å². The molecule has 1 N–H and O–H groups in total. The first kappa shape index (κ1) is 12.8. The predicted molar refractivity (Wildman–Crippen MR) is 67.0 cm³/mol. The van der Waals surface area contributed by atoms with E-state index in [2.05, 4.69) is 30.2 Å². The van der Waals surface area contributed by atoms with E-state index in [1.807, 2.05) is 30.8 Å². The zero-order valence-electron chi connectivity index (χ0n) is 10.6. The van der Waals surface area contributed by atoms with Gasteiger partial charge in [-0.2, -0.15) is 5.10 Å². The molecule has 0 amide bonds. The van der Waals surface area contributed by atoms with Gasteiger partial charge in [-0.1, -0.05) is 12.8 Å². The van der Waals surface area contributed by atoms with Gasteiger partial charge in [0.25, 0.3) is 0 Å². The number of nitrogens with one attached hydrogen (secondary N) is 1. The number of hydrogen-bond donors (Lipinski definition) is 1. The van der Waals surface area contributed by atoms with Gasteiger partial charge in [-0.15, -0.1) is 6.42 Å². The average Bonchev–Trinajstić information content (AvgIpc) is 2.74. The van der Waals surface area contributed by atoms with Gasteiger partial charge >= 0.3 is 0 Å². The summed E-state index contributed by atoms with van der Waals surface area (Å²) in [4.78, 5) is 0. The van der Waals surface area contributed by atoms with Crippen LogP contribution in [0, 0.1) is 12.3 Å². The molecule has 0 aromatic carbocycles. The molecule has 0 bridgehead atoms. The van der Waals surface area contributed by atoms with Crippen LogP contribution in [0.25, 0.3) is 0 Å². The van der Waals surface area contributed by atoms with Crippen molar-refractivity contribution >= 4 is 0 Å². The van der Waals surface area contributed by atoms with Crippen LogP contribution in [0.1, 0.15) is 45.9 Å². The van der Waals surface area contributed by atoms with E-state index < -0.39 is 0 Å². The van der Waals surface area contributed by atoms with Crippen LogP contribution in [0.3, 0.4) is 0 Å². The third-order valence-electron chi connectivity index (χ3n) is 2.78. The lowest BCUT2D eigenvalue weighted by Gasteiger charge is -2.18. The van der Waals surface area contributed by atoms with E-state index >= 15 is 0 Å². The molecule has 1 rings (SSSR count). The predicted octanol–water partition coefficient (Wildman–Crippen LogP) is 2.36. The molecule has 0 saturated carbocycles. The van der Waals surface area contributed by atoms with Crippen LogP contribution in [0.4, 0.5) is 0 Å². The Labute approximate surface area is 98.2 Å². The van der Waals surface area contributed by atoms with Crippen LogP contribution >= 0.6 is 0 Å². The van der Waals surface area contributed by atoms with E-state index in [1.165, 1.54) is 0 Å². The highest BCUT2D eigenvalue weighted by Gasteiger charge is 2.13. The summed E-state index contributed by atoms with van der Waals surface area (Å²) in [7, 11) is 0. The maximum absolute atomic E-state index is 5.41. The molecule has 3 nitrogen and oxygen atoms in total. The lowest BCUT2D eigenvalue weighted by molar-refractivity contribution is 0.456. The standard InChI is InChI=1S/C13H21N3/c1-6-11(3)16-9-8-12(15-16)10-14-13(4,5)7-2/h2,8-9,11,14H,6,10H2,1,3-5H3. The third kappa shape index (κ3) is 3.39. The number of terminal acetylenes is 1. The molecule has 1 aromatic heterocycles. The first-order chi connectivity index (χ1) is 7.48. The van der Waals surface area contributed by atoms with Gasteiger partial charge in [0.15, 0.2) is 0 Å². The largest absolute Gasteiger partial charge is 0.296 e. The SMILES string of the molecule is C#CC(C)(C)NCc1ccn(C(C)CC)n1. The number of aromatic nitrogens is 2. The summed E-state index contributed by atoms with van der Waals surface area (Å²) in [5, 5.41) is 7.79. The maximum atomic E-state index is 5.41. The Morgan fingerprint density at radius 2 is 2.31 bits per heavy atom. The zero-order chi connectivity index (χ0) is 12.2. The van der Waals surface area contributed by atoms with Gasteiger partial charge in [-0.25, -0.2) is 0 Å². The Kier molecular flexibility index (Phi) is 4.14. The number of rotatable bonds is 5. The van der Waals surface area contributed by atoms with E-state index in [1.54, 1.807) is 0 Å². The smallest absolute Gasteiger partial charge is 0.0763 e. The molecule has 0 aliphatic heterocycles. The Morgan fingerprint density at radius 1 is 1.62 bits per heavy atom. The van der Waals surface area contributed by atoms with Crippen molar-refractivity contribution in [2.45, 2.75) is 52.2 Å². The first-order valence-electron chi connectivity index (χ1n) is 5.75. The molecule has 0 saturated heterocycles. The van der Waals surface area contributed by atoms with Crippen LogP contribution in [-0.2, 0) is 6.54 Å². The second kappa shape index (κ2) is 5.18. The Balaban J connectivity index is 2.57. The zero-order valence-corrected chi connectivity index (χ0v) is 10.6. The molecule has 88 valence electrons. The Morgan fingerprint density at radius 3 is 2.88 bits per heavy atom. The van der Waals surface area contributed by atoms with Crippen molar-refractivity contribution in [3.8, 4) is 12.3 Å². The van der Waals surface area contributed by atoms with Gasteiger partial charge in [0.1, 0.15) is 0 Å². The maximum Gasteiger partial charge on any atom is 0.0763 e. The van der Waals surface area contributed by atoms with Crippen molar-refractivity contribution in [3.63, 3.8) is 0 Å². The summed E-state index contributed by atoms with van der Waals surface area (Å²) < 4.78 is 2.00. The summed E-state index contributed by atoms with van der Waals surface area (Å²) in [5.74, 6) is 2.71. The Bertz CT molecular complexity index is 371. The van der Waals surface area contributed by atoms with E-state index in [4.69, 9.17) is 6.42 Å². The van der Waals surface area contributed by atoms with Crippen molar-refractivity contribution in [1.29, 1.82) is 0 Å². The molecule has 1 unspecified atom stereocenters. The highest BCUT2D eigenvalue weighted by Crippen LogP contribution is 2.09. The summed E-state index contributed by atoms with van der Waals surface area (Å²) in [6.45, 7) is 9.00. The molecule has 0 fully saturated rings. The monoisotopic (exact) mass is 219 g/mol. The van der Waals surface area contributed by atoms with Gasteiger partial charge in [0.2, 0.25) is 0 Å². The molecule has 0 aliphatic carbocycles. The minimum atomic E-state index is -0.278. The highest BCUT2D eigenvalue weighted by molar-refractivity contribution is 5.09. The van der Waals surface area contributed by atoms with Crippen LogP contribution in [0.15, 0.2) is 12.3 Å². The summed E-state index contributed by atoms with van der Waals surface area (Å²) in [6, 6.07) is 2.49. The highest BCUT2D eigenvalue weighted by atomic mass is 15.3. The van der Waals surface area contributed by atoms with Crippen molar-refractivity contribution in [2.75, 3.05) is 0 Å². The molecular weight excluding hydrogens is 198 g/mol. The fraction of sp³-hybridized carbons (Fsp3) is 0.615. The lowest BCUT2D eigenvalue weighted by atomic mass is 10.1. The van der Waals surface area contributed by atoms with Crippen LogP contribution in [0.2, 0.25) is 0 Å². The Hall–Kier alpha value is -1.27. The minimum absolute atomic E-state index is 0.278. The average molecular weight is 219 g/mol. The van der Waals surface area contributed by atoms with Crippen LogP contribution < -0.4 is 5.32 Å². The molecular formula is C13H21N3. The van der Waals surface area contributed by atoms with Gasteiger partial charge in [-0.3, -0.25) is 10.00 Å².